The van der Waals surface area contributed by atoms with Gasteiger partial charge in [-0.1, -0.05) is 12.1 Å². The fourth-order valence-corrected chi connectivity index (χ4v) is 3.17. The Hall–Kier alpha value is -3.29. The van der Waals surface area contributed by atoms with Crippen LogP contribution >= 0.6 is 0 Å². The standard InChI is InChI=1S/C22H23F2N3O3/c1-12-7-6-8-17-18(12)20(28)27(16-10-14(23)9-15(24)11-16)19(26-17)13(2)25-21(29)30-22(3,4)5/h6-11,13H,1-5H3,(H,25,29). The van der Waals surface area contributed by atoms with Crippen LogP contribution in [-0.2, 0) is 4.74 Å². The van der Waals surface area contributed by atoms with Crippen molar-refractivity contribution in [2.75, 3.05) is 0 Å². The molecule has 6 nitrogen and oxygen atoms in total. The Labute approximate surface area is 172 Å². The number of nitrogens with one attached hydrogen (secondary N) is 1. The second-order valence-electron chi connectivity index (χ2n) is 8.08. The van der Waals surface area contributed by atoms with Crippen LogP contribution in [0.15, 0.2) is 41.2 Å². The second-order valence-corrected chi connectivity index (χ2v) is 8.08. The van der Waals surface area contributed by atoms with E-state index in [4.69, 9.17) is 4.74 Å². The molecule has 0 aliphatic rings. The van der Waals surface area contributed by atoms with Gasteiger partial charge < -0.3 is 10.1 Å². The van der Waals surface area contributed by atoms with Crippen LogP contribution in [0.3, 0.4) is 0 Å². The molecule has 1 unspecified atom stereocenters. The van der Waals surface area contributed by atoms with Gasteiger partial charge in [-0.05, 0) is 58.4 Å². The van der Waals surface area contributed by atoms with Crippen molar-refractivity contribution in [2.24, 2.45) is 0 Å². The number of nitrogens with zero attached hydrogens (tertiary/aromatic N) is 2. The highest BCUT2D eigenvalue weighted by Gasteiger charge is 2.23. The molecule has 8 heteroatoms. The zero-order chi connectivity index (χ0) is 22.2. The highest BCUT2D eigenvalue weighted by Crippen LogP contribution is 2.21. The van der Waals surface area contributed by atoms with E-state index in [2.05, 4.69) is 10.3 Å². The summed E-state index contributed by atoms with van der Waals surface area (Å²) >= 11 is 0. The number of alkyl carbamates (subject to hydrolysis) is 1. The molecule has 0 saturated heterocycles. The lowest BCUT2D eigenvalue weighted by molar-refractivity contribution is 0.0505. The van der Waals surface area contributed by atoms with E-state index in [0.717, 1.165) is 22.8 Å². The number of hydrogen-bond donors (Lipinski definition) is 1. The molecular weight excluding hydrogens is 392 g/mol. The van der Waals surface area contributed by atoms with E-state index in [0.29, 0.717) is 16.5 Å². The minimum atomic E-state index is -0.833. The summed E-state index contributed by atoms with van der Waals surface area (Å²) in [5.41, 5.74) is -0.141. The van der Waals surface area contributed by atoms with Gasteiger partial charge in [0.2, 0.25) is 0 Å². The highest BCUT2D eigenvalue weighted by molar-refractivity contribution is 5.81. The van der Waals surface area contributed by atoms with Crippen LogP contribution in [-0.4, -0.2) is 21.2 Å². The lowest BCUT2D eigenvalue weighted by Gasteiger charge is -2.23. The molecule has 1 amide bonds. The first-order chi connectivity index (χ1) is 14.0. The Bertz CT molecular complexity index is 1160. The van der Waals surface area contributed by atoms with Gasteiger partial charge in [0.1, 0.15) is 23.1 Å². The number of amides is 1. The molecule has 0 aliphatic heterocycles. The maximum atomic E-state index is 13.9. The molecule has 158 valence electrons. The fourth-order valence-electron chi connectivity index (χ4n) is 3.17. The van der Waals surface area contributed by atoms with E-state index in [1.54, 1.807) is 52.8 Å². The Morgan fingerprint density at radius 2 is 1.80 bits per heavy atom. The molecule has 1 N–H and O–H groups in total. The monoisotopic (exact) mass is 415 g/mol. The van der Waals surface area contributed by atoms with Crippen LogP contribution in [0.4, 0.5) is 13.6 Å². The molecule has 30 heavy (non-hydrogen) atoms. The molecule has 3 aromatic rings. The molecule has 1 heterocycles. The smallest absolute Gasteiger partial charge is 0.408 e. The van der Waals surface area contributed by atoms with Crippen molar-refractivity contribution in [2.45, 2.75) is 46.3 Å². The van der Waals surface area contributed by atoms with Crippen molar-refractivity contribution in [3.05, 3.63) is 69.8 Å². The zero-order valence-electron chi connectivity index (χ0n) is 17.4. The average molecular weight is 415 g/mol. The number of rotatable bonds is 3. The molecule has 0 bridgehead atoms. The third kappa shape index (κ3) is 4.48. The Balaban J connectivity index is 2.22. The number of aryl methyl sites for hydroxylation is 1. The number of ether oxygens (including phenoxy) is 1. The normalized spacial score (nSPS) is 12.6. The molecule has 0 spiro atoms. The maximum Gasteiger partial charge on any atom is 0.408 e. The second kappa shape index (κ2) is 7.85. The van der Waals surface area contributed by atoms with Crippen LogP contribution in [0.1, 0.15) is 45.1 Å². The van der Waals surface area contributed by atoms with Crippen LogP contribution < -0.4 is 10.9 Å². The van der Waals surface area contributed by atoms with Crippen molar-refractivity contribution in [3.8, 4) is 5.69 Å². The van der Waals surface area contributed by atoms with Gasteiger partial charge in [0, 0.05) is 6.07 Å². The first-order valence-electron chi connectivity index (χ1n) is 9.44. The van der Waals surface area contributed by atoms with E-state index in [1.165, 1.54) is 0 Å². The van der Waals surface area contributed by atoms with Gasteiger partial charge in [-0.25, -0.2) is 18.6 Å². The molecule has 2 aromatic carbocycles. The van der Waals surface area contributed by atoms with Gasteiger partial charge in [-0.2, -0.15) is 0 Å². The summed E-state index contributed by atoms with van der Waals surface area (Å²) in [6.07, 6.45) is -0.703. The number of halogens is 2. The predicted octanol–water partition coefficient (Wildman–Crippen LogP) is 4.56. The summed E-state index contributed by atoms with van der Waals surface area (Å²) in [6.45, 7) is 8.53. The number of aromatic nitrogens is 2. The third-order valence-corrected chi connectivity index (χ3v) is 4.36. The summed E-state index contributed by atoms with van der Waals surface area (Å²) in [7, 11) is 0. The van der Waals surface area contributed by atoms with Crippen LogP contribution in [0.2, 0.25) is 0 Å². The lowest BCUT2D eigenvalue weighted by Crippen LogP contribution is -2.37. The van der Waals surface area contributed by atoms with E-state index in [1.807, 2.05) is 0 Å². The van der Waals surface area contributed by atoms with Gasteiger partial charge in [-0.3, -0.25) is 9.36 Å². The number of benzene rings is 2. The maximum absolute atomic E-state index is 13.9. The fraction of sp³-hybridized carbons (Fsp3) is 0.318. The lowest BCUT2D eigenvalue weighted by atomic mass is 10.1. The van der Waals surface area contributed by atoms with Gasteiger partial charge in [-0.15, -0.1) is 0 Å². The topological polar surface area (TPSA) is 73.2 Å². The molecular formula is C22H23F2N3O3. The molecule has 1 atom stereocenters. The number of carbonyl (C=O) groups is 1. The minimum Gasteiger partial charge on any atom is -0.444 e. The molecule has 1 aromatic heterocycles. The first-order valence-corrected chi connectivity index (χ1v) is 9.44. The van der Waals surface area contributed by atoms with Gasteiger partial charge in [0.05, 0.1) is 22.6 Å². The SMILES string of the molecule is Cc1cccc2nc(C(C)NC(=O)OC(C)(C)C)n(-c3cc(F)cc(F)c3)c(=O)c12. The van der Waals surface area contributed by atoms with Crippen molar-refractivity contribution in [3.63, 3.8) is 0 Å². The third-order valence-electron chi connectivity index (χ3n) is 4.36. The van der Waals surface area contributed by atoms with Crippen molar-refractivity contribution in [1.29, 1.82) is 0 Å². The Morgan fingerprint density at radius 3 is 2.40 bits per heavy atom. The van der Waals surface area contributed by atoms with Crippen LogP contribution in [0.5, 0.6) is 0 Å². The van der Waals surface area contributed by atoms with Gasteiger partial charge >= 0.3 is 6.09 Å². The molecule has 0 aliphatic carbocycles. The Kier molecular flexibility index (Phi) is 5.61. The number of fused-ring (bicyclic) bond motifs is 1. The zero-order valence-corrected chi connectivity index (χ0v) is 17.4. The summed E-state index contributed by atoms with van der Waals surface area (Å²) in [6, 6.07) is 7.19. The van der Waals surface area contributed by atoms with E-state index in [-0.39, 0.29) is 11.5 Å². The van der Waals surface area contributed by atoms with E-state index >= 15 is 0 Å². The minimum absolute atomic E-state index is 0.0250. The molecule has 0 fully saturated rings. The largest absolute Gasteiger partial charge is 0.444 e. The van der Waals surface area contributed by atoms with E-state index in [9.17, 15) is 18.4 Å². The molecule has 3 rings (SSSR count). The average Bonchev–Trinajstić information content (AvgIpc) is 2.58. The van der Waals surface area contributed by atoms with Crippen LogP contribution in [0.25, 0.3) is 16.6 Å². The van der Waals surface area contributed by atoms with Crippen LogP contribution in [0, 0.1) is 18.6 Å². The van der Waals surface area contributed by atoms with E-state index < -0.39 is 34.9 Å². The van der Waals surface area contributed by atoms with Crippen molar-refractivity contribution in [1.82, 2.24) is 14.9 Å². The van der Waals surface area contributed by atoms with Crippen molar-refractivity contribution < 1.29 is 18.3 Å². The number of hydrogen-bond acceptors (Lipinski definition) is 4. The van der Waals surface area contributed by atoms with Gasteiger partial charge in [0.25, 0.3) is 5.56 Å². The summed E-state index contributed by atoms with van der Waals surface area (Å²) in [5, 5.41) is 2.96. The summed E-state index contributed by atoms with van der Waals surface area (Å²) in [5.74, 6) is -1.55. The van der Waals surface area contributed by atoms with Gasteiger partial charge in [0.15, 0.2) is 0 Å². The predicted molar refractivity (Wildman–Crippen MR) is 110 cm³/mol. The summed E-state index contributed by atoms with van der Waals surface area (Å²) in [4.78, 5) is 30.1. The molecule has 0 radical (unpaired) electrons. The quantitative estimate of drug-likeness (QED) is 0.681. The highest BCUT2D eigenvalue weighted by atomic mass is 19.1. The summed E-state index contributed by atoms with van der Waals surface area (Å²) < 4.78 is 34.2. The Morgan fingerprint density at radius 1 is 1.17 bits per heavy atom. The number of carbonyl (C=O) groups excluding carboxylic acids is 1. The molecule has 0 saturated carbocycles. The van der Waals surface area contributed by atoms with Crippen molar-refractivity contribution >= 4 is 17.0 Å². The first kappa shape index (κ1) is 21.4.